The van der Waals surface area contributed by atoms with Crippen LogP contribution in [-0.2, 0) is 10.2 Å². The highest BCUT2D eigenvalue weighted by Gasteiger charge is 2.45. The molecule has 0 N–H and O–H groups in total. The second kappa shape index (κ2) is 11.7. The minimum Gasteiger partial charge on any atom is -0.339 e. The molecule has 1 aromatic carbocycles. The lowest BCUT2D eigenvalue weighted by Gasteiger charge is -2.39. The van der Waals surface area contributed by atoms with Crippen LogP contribution in [0.3, 0.4) is 0 Å². The van der Waals surface area contributed by atoms with Gasteiger partial charge in [0, 0.05) is 36.1 Å². The molecule has 1 aliphatic heterocycles. The van der Waals surface area contributed by atoms with Crippen molar-refractivity contribution >= 4 is 47.0 Å². The van der Waals surface area contributed by atoms with Crippen molar-refractivity contribution in [3.63, 3.8) is 0 Å². The molecule has 1 unspecified atom stereocenters. The van der Waals surface area contributed by atoms with E-state index in [0.717, 1.165) is 29.9 Å². The van der Waals surface area contributed by atoms with E-state index in [2.05, 4.69) is 41.5 Å². The number of benzene rings is 1. The predicted molar refractivity (Wildman–Crippen MR) is 154 cm³/mol. The van der Waals surface area contributed by atoms with Gasteiger partial charge in [0.2, 0.25) is 0 Å². The highest BCUT2D eigenvalue weighted by molar-refractivity contribution is 7.80. The van der Waals surface area contributed by atoms with E-state index >= 15 is 0 Å². The first-order valence-corrected chi connectivity index (χ1v) is 14.5. The molecule has 0 spiro atoms. The van der Waals surface area contributed by atoms with E-state index in [1.54, 1.807) is 41.0 Å². The lowest BCUT2D eigenvalue weighted by molar-refractivity contribution is -0.162. The number of hydrogen-bond donors (Lipinski definition) is 1. The molecular weight excluding hydrogens is 545 g/mol. The van der Waals surface area contributed by atoms with Gasteiger partial charge in [0.05, 0.1) is 23.5 Å². The van der Waals surface area contributed by atoms with E-state index in [1.165, 1.54) is 6.92 Å². The number of alkyl halides is 3. The van der Waals surface area contributed by atoms with Crippen LogP contribution < -0.4 is 4.90 Å². The molecule has 3 atom stereocenters. The summed E-state index contributed by atoms with van der Waals surface area (Å²) in [4.78, 5) is 19.4. The molecule has 0 saturated heterocycles. The number of halogens is 4. The Balaban J connectivity index is 1.62. The van der Waals surface area contributed by atoms with Gasteiger partial charge < -0.3 is 4.90 Å². The first-order chi connectivity index (χ1) is 18.4. The molecule has 0 fully saturated rings. The molecule has 2 aromatic heterocycles. The molecule has 0 aliphatic carbocycles. The molecule has 5 nitrogen and oxygen atoms in total. The van der Waals surface area contributed by atoms with Crippen molar-refractivity contribution in [2.45, 2.75) is 77.3 Å². The van der Waals surface area contributed by atoms with Crippen molar-refractivity contribution < 1.29 is 18.0 Å². The molecule has 212 valence electrons. The predicted octanol–water partition coefficient (Wildman–Crippen LogP) is 8.18. The van der Waals surface area contributed by atoms with Crippen molar-refractivity contribution in [2.75, 3.05) is 17.2 Å². The smallest absolute Gasteiger partial charge is 0.339 e. The Bertz CT molecular complexity index is 1310. The molecule has 0 saturated carbocycles. The minimum absolute atomic E-state index is 0.0947. The summed E-state index contributed by atoms with van der Waals surface area (Å²) in [5, 5.41) is 4.78. The molecule has 3 heterocycles. The Hall–Kier alpha value is -2.26. The van der Waals surface area contributed by atoms with Crippen LogP contribution in [0, 0.1) is 11.8 Å². The number of thiol groups is 1. The summed E-state index contributed by atoms with van der Waals surface area (Å²) in [5.41, 5.74) is 3.20. The van der Waals surface area contributed by atoms with E-state index in [0.29, 0.717) is 35.9 Å². The number of aromatic nitrogens is 3. The van der Waals surface area contributed by atoms with Crippen LogP contribution in [0.15, 0.2) is 36.5 Å². The van der Waals surface area contributed by atoms with Gasteiger partial charge in [-0.3, -0.25) is 4.79 Å². The van der Waals surface area contributed by atoms with E-state index in [4.69, 9.17) is 11.6 Å². The first kappa shape index (κ1) is 29.7. The summed E-state index contributed by atoms with van der Waals surface area (Å²) >= 11 is 10.4. The number of ketones is 1. The van der Waals surface area contributed by atoms with Gasteiger partial charge in [0.1, 0.15) is 5.78 Å². The van der Waals surface area contributed by atoms with Gasteiger partial charge in [-0.1, -0.05) is 51.4 Å². The van der Waals surface area contributed by atoms with Crippen molar-refractivity contribution in [3.05, 3.63) is 52.9 Å². The number of nitrogens with zero attached hydrogens (tertiary/aromatic N) is 4. The zero-order chi connectivity index (χ0) is 28.5. The van der Waals surface area contributed by atoms with Crippen LogP contribution in [0.25, 0.3) is 5.65 Å². The molecule has 4 rings (SSSR count). The highest BCUT2D eigenvalue weighted by atomic mass is 35.5. The number of anilines is 2. The number of hydrogen-bond acceptors (Lipinski definition) is 5. The fourth-order valence-corrected chi connectivity index (χ4v) is 6.22. The molecule has 3 aromatic rings. The summed E-state index contributed by atoms with van der Waals surface area (Å²) < 4.78 is 44.7. The third-order valence-electron chi connectivity index (χ3n) is 7.99. The summed E-state index contributed by atoms with van der Waals surface area (Å²) in [6, 6.07) is 8.25. The maximum Gasteiger partial charge on any atom is 0.396 e. The number of rotatable bonds is 10. The van der Waals surface area contributed by atoms with Gasteiger partial charge in [0.25, 0.3) is 0 Å². The largest absolute Gasteiger partial charge is 0.396 e. The van der Waals surface area contributed by atoms with Crippen LogP contribution in [0.4, 0.5) is 24.5 Å². The molecule has 10 heteroatoms. The normalized spacial score (nSPS) is 17.6. The highest BCUT2D eigenvalue weighted by Crippen LogP contribution is 2.45. The van der Waals surface area contributed by atoms with Gasteiger partial charge in [-0.05, 0) is 55.1 Å². The second-order valence-electron chi connectivity index (χ2n) is 11.2. The van der Waals surface area contributed by atoms with Gasteiger partial charge in [-0.25, -0.2) is 9.50 Å². The number of fused-ring (bicyclic) bond motifs is 3. The molecular formula is C29H36ClF3N4OS. The standard InChI is InChI=1S/C29H36ClF3N4OS/c1-5-19(7-6-14-39)23(38)15-18(2)26(29(31,32)33)20-8-10-21(11-9-20)36-13-12-28(3,4)27-22(36)17-34-25-16-24(30)35-37(25)27/h8-11,16-19,26,39H,5-7,12-15H2,1-4H3/t18?,19-,26+/m1/s1. The topological polar surface area (TPSA) is 50.5 Å². The maximum absolute atomic E-state index is 14.3. The van der Waals surface area contributed by atoms with Crippen LogP contribution in [0.2, 0.25) is 5.15 Å². The van der Waals surface area contributed by atoms with Crippen LogP contribution in [-0.4, -0.2) is 38.9 Å². The Morgan fingerprint density at radius 1 is 1.23 bits per heavy atom. The van der Waals surface area contributed by atoms with Gasteiger partial charge >= 0.3 is 6.18 Å². The molecule has 0 bridgehead atoms. The fourth-order valence-electron chi connectivity index (χ4n) is 5.86. The number of carbonyl (C=O) groups is 1. The SMILES string of the molecule is CC[C@H](CCCS)C(=O)CC(C)[C@@H](c1ccc(N2CCC(C)(C)c3c2cnc2cc(Cl)nn32)cc1)C(F)(F)F. The van der Waals surface area contributed by atoms with Gasteiger partial charge in [0.15, 0.2) is 10.8 Å². The Morgan fingerprint density at radius 2 is 1.92 bits per heavy atom. The van der Waals surface area contributed by atoms with Gasteiger partial charge in [-0.2, -0.15) is 30.9 Å². The summed E-state index contributed by atoms with van der Waals surface area (Å²) in [6.07, 6.45) is 0.0965. The lowest BCUT2D eigenvalue weighted by atomic mass is 9.80. The zero-order valence-electron chi connectivity index (χ0n) is 22.8. The lowest BCUT2D eigenvalue weighted by Crippen LogP contribution is -2.37. The fraction of sp³-hybridized carbons (Fsp3) is 0.552. The van der Waals surface area contributed by atoms with Crippen molar-refractivity contribution in [1.82, 2.24) is 14.6 Å². The Labute approximate surface area is 238 Å². The van der Waals surface area contributed by atoms with Crippen molar-refractivity contribution in [1.29, 1.82) is 0 Å². The van der Waals surface area contributed by atoms with E-state index < -0.39 is 18.0 Å². The number of Topliss-reactive ketones (excluding diaryl/α,β-unsaturated/α-hetero) is 1. The third kappa shape index (κ3) is 6.24. The average Bonchev–Trinajstić information content (AvgIpc) is 3.24. The monoisotopic (exact) mass is 580 g/mol. The number of carbonyl (C=O) groups excluding carboxylic acids is 1. The Morgan fingerprint density at radius 3 is 2.54 bits per heavy atom. The third-order valence-corrected chi connectivity index (χ3v) is 8.50. The molecule has 0 radical (unpaired) electrons. The molecule has 0 amide bonds. The first-order valence-electron chi connectivity index (χ1n) is 13.5. The Kier molecular flexibility index (Phi) is 8.91. The minimum atomic E-state index is -4.47. The van der Waals surface area contributed by atoms with Crippen LogP contribution in [0.1, 0.15) is 77.0 Å². The van der Waals surface area contributed by atoms with Gasteiger partial charge in [-0.15, -0.1) is 0 Å². The average molecular weight is 581 g/mol. The summed E-state index contributed by atoms with van der Waals surface area (Å²) in [6.45, 7) is 8.40. The molecule has 1 aliphatic rings. The second-order valence-corrected chi connectivity index (χ2v) is 12.1. The van der Waals surface area contributed by atoms with Crippen molar-refractivity contribution in [2.24, 2.45) is 11.8 Å². The van der Waals surface area contributed by atoms with E-state index in [-0.39, 0.29) is 29.1 Å². The van der Waals surface area contributed by atoms with Crippen LogP contribution >= 0.6 is 24.2 Å². The quantitative estimate of drug-likeness (QED) is 0.246. The van der Waals surface area contributed by atoms with E-state index in [1.807, 2.05) is 6.92 Å². The van der Waals surface area contributed by atoms with Crippen LogP contribution in [0.5, 0.6) is 0 Å². The van der Waals surface area contributed by atoms with E-state index in [9.17, 15) is 18.0 Å². The maximum atomic E-state index is 14.3. The van der Waals surface area contributed by atoms with Crippen molar-refractivity contribution in [3.8, 4) is 0 Å². The summed E-state index contributed by atoms with van der Waals surface area (Å²) in [7, 11) is 0. The summed E-state index contributed by atoms with van der Waals surface area (Å²) in [5.74, 6) is -2.25. The molecule has 39 heavy (non-hydrogen) atoms. The zero-order valence-corrected chi connectivity index (χ0v) is 24.5.